The van der Waals surface area contributed by atoms with Gasteiger partial charge in [-0.1, -0.05) is 11.6 Å². The maximum atomic E-state index is 10.5. The summed E-state index contributed by atoms with van der Waals surface area (Å²) in [5.74, 6) is 0.584. The summed E-state index contributed by atoms with van der Waals surface area (Å²) in [4.78, 5) is 10.5. The normalized spacial score (nSPS) is 11.1. The van der Waals surface area contributed by atoms with Crippen molar-refractivity contribution in [1.29, 1.82) is 0 Å². The molecule has 16 heavy (non-hydrogen) atoms. The Labute approximate surface area is 98.2 Å². The molecule has 0 atom stereocenters. The summed E-state index contributed by atoms with van der Waals surface area (Å²) >= 11 is 5.94. The fraction of sp³-hybridized carbons (Fsp3) is 0.200. The van der Waals surface area contributed by atoms with E-state index in [4.69, 9.17) is 22.1 Å². The number of nitrogens with zero attached hydrogens (tertiary/aromatic N) is 1. The minimum atomic E-state index is -0.709. The highest BCUT2D eigenvalue weighted by Crippen LogP contribution is 2.25. The molecule has 0 bridgehead atoms. The summed E-state index contributed by atoms with van der Waals surface area (Å²) in [7, 11) is 1.54. The van der Waals surface area contributed by atoms with Crippen LogP contribution in [0.3, 0.4) is 0 Å². The summed E-state index contributed by atoms with van der Waals surface area (Å²) < 4.78 is 5.02. The van der Waals surface area contributed by atoms with Crippen molar-refractivity contribution in [3.8, 4) is 5.75 Å². The second kappa shape index (κ2) is 5.37. The van der Waals surface area contributed by atoms with Crippen molar-refractivity contribution in [3.63, 3.8) is 0 Å². The second-order valence-electron chi connectivity index (χ2n) is 3.02. The molecule has 1 aromatic rings. The molecule has 0 heterocycles. The van der Waals surface area contributed by atoms with Crippen LogP contribution < -0.4 is 15.9 Å². The first-order chi connectivity index (χ1) is 7.54. The highest BCUT2D eigenvalue weighted by molar-refractivity contribution is 6.32. The van der Waals surface area contributed by atoms with Crippen LogP contribution in [0, 0.1) is 0 Å². The van der Waals surface area contributed by atoms with E-state index in [0.29, 0.717) is 16.5 Å². The van der Waals surface area contributed by atoms with Crippen molar-refractivity contribution in [2.45, 2.75) is 6.92 Å². The number of hydrazone groups is 1. The summed E-state index contributed by atoms with van der Waals surface area (Å²) in [5, 5.41) is 4.26. The number of hydrogen-bond acceptors (Lipinski definition) is 3. The van der Waals surface area contributed by atoms with Gasteiger partial charge in [0.25, 0.3) is 0 Å². The highest BCUT2D eigenvalue weighted by atomic mass is 35.5. The fourth-order valence-electron chi connectivity index (χ4n) is 1.09. The third-order valence-electron chi connectivity index (χ3n) is 1.90. The van der Waals surface area contributed by atoms with Gasteiger partial charge in [0, 0.05) is 0 Å². The first-order valence-electron chi connectivity index (χ1n) is 4.48. The number of ether oxygens (including phenoxy) is 1. The van der Waals surface area contributed by atoms with Crippen LogP contribution in [0.5, 0.6) is 5.75 Å². The first-order valence-corrected chi connectivity index (χ1v) is 4.86. The average Bonchev–Trinajstić information content (AvgIpc) is 2.25. The summed E-state index contributed by atoms with van der Waals surface area (Å²) in [6.45, 7) is 1.73. The molecule has 3 N–H and O–H groups in total. The molecule has 0 aliphatic heterocycles. The zero-order valence-corrected chi connectivity index (χ0v) is 9.71. The Hall–Kier alpha value is -1.75. The van der Waals surface area contributed by atoms with Gasteiger partial charge in [-0.05, 0) is 30.7 Å². The van der Waals surface area contributed by atoms with E-state index >= 15 is 0 Å². The fourth-order valence-corrected chi connectivity index (χ4v) is 1.35. The Kier molecular flexibility index (Phi) is 4.13. The lowest BCUT2D eigenvalue weighted by Crippen LogP contribution is -2.25. The van der Waals surface area contributed by atoms with E-state index < -0.39 is 6.03 Å². The van der Waals surface area contributed by atoms with Crippen LogP contribution in [0.25, 0.3) is 0 Å². The topological polar surface area (TPSA) is 76.7 Å². The number of benzene rings is 1. The van der Waals surface area contributed by atoms with Crippen molar-refractivity contribution < 1.29 is 9.53 Å². The number of nitrogens with one attached hydrogen (secondary N) is 1. The van der Waals surface area contributed by atoms with Gasteiger partial charge in [0.05, 0.1) is 17.8 Å². The number of methoxy groups -OCH3 is 1. The molecule has 0 fully saturated rings. The van der Waals surface area contributed by atoms with Crippen molar-refractivity contribution in [1.82, 2.24) is 5.43 Å². The van der Waals surface area contributed by atoms with Crippen molar-refractivity contribution in [2.24, 2.45) is 10.8 Å². The molecule has 0 spiro atoms. The van der Waals surface area contributed by atoms with E-state index in [1.165, 1.54) is 7.11 Å². The Morgan fingerprint density at radius 2 is 2.25 bits per heavy atom. The van der Waals surface area contributed by atoms with E-state index in [1.54, 1.807) is 25.1 Å². The van der Waals surface area contributed by atoms with Crippen LogP contribution in [-0.2, 0) is 0 Å². The molecule has 6 heteroatoms. The molecular formula is C10H12ClN3O2. The number of urea groups is 1. The highest BCUT2D eigenvalue weighted by Gasteiger charge is 2.04. The predicted molar refractivity (Wildman–Crippen MR) is 62.9 cm³/mol. The standard InChI is InChI=1S/C10H12ClN3O2/c1-6(13-14-10(12)15)7-3-4-9(16-2)8(11)5-7/h3-5H,1-2H3,(H3,12,14,15). The third-order valence-corrected chi connectivity index (χ3v) is 2.20. The Bertz CT molecular complexity index is 432. The molecule has 0 aliphatic carbocycles. The van der Waals surface area contributed by atoms with Crippen molar-refractivity contribution in [2.75, 3.05) is 7.11 Å². The largest absolute Gasteiger partial charge is 0.495 e. The molecular weight excluding hydrogens is 230 g/mol. The number of hydrogen-bond donors (Lipinski definition) is 2. The number of amides is 2. The third kappa shape index (κ3) is 3.13. The predicted octanol–water partition coefficient (Wildman–Crippen LogP) is 1.74. The Morgan fingerprint density at radius 3 is 2.75 bits per heavy atom. The number of halogens is 1. The van der Waals surface area contributed by atoms with Crippen LogP contribution in [0.1, 0.15) is 12.5 Å². The smallest absolute Gasteiger partial charge is 0.332 e. The number of carbonyl (C=O) groups is 1. The zero-order chi connectivity index (χ0) is 12.1. The van der Waals surface area contributed by atoms with E-state index in [-0.39, 0.29) is 0 Å². The van der Waals surface area contributed by atoms with Gasteiger partial charge < -0.3 is 10.5 Å². The van der Waals surface area contributed by atoms with Gasteiger partial charge in [-0.25, -0.2) is 10.2 Å². The van der Waals surface area contributed by atoms with Gasteiger partial charge in [-0.15, -0.1) is 0 Å². The van der Waals surface area contributed by atoms with E-state index in [1.807, 2.05) is 0 Å². The summed E-state index contributed by atoms with van der Waals surface area (Å²) in [6, 6.07) is 4.49. The Balaban J connectivity index is 2.92. The lowest BCUT2D eigenvalue weighted by Gasteiger charge is -2.05. The van der Waals surface area contributed by atoms with Crippen LogP contribution in [0.2, 0.25) is 5.02 Å². The van der Waals surface area contributed by atoms with E-state index in [2.05, 4.69) is 10.5 Å². The number of rotatable bonds is 3. The monoisotopic (exact) mass is 241 g/mol. The van der Waals surface area contributed by atoms with Crippen LogP contribution in [-0.4, -0.2) is 18.9 Å². The van der Waals surface area contributed by atoms with Gasteiger partial charge in [-0.3, -0.25) is 0 Å². The Morgan fingerprint density at radius 1 is 1.56 bits per heavy atom. The number of carbonyl (C=O) groups excluding carboxylic acids is 1. The molecule has 0 aliphatic rings. The van der Waals surface area contributed by atoms with Gasteiger partial charge >= 0.3 is 6.03 Å². The molecule has 1 rings (SSSR count). The minimum Gasteiger partial charge on any atom is -0.495 e. The molecule has 86 valence electrons. The zero-order valence-electron chi connectivity index (χ0n) is 8.95. The molecule has 0 unspecified atom stereocenters. The van der Waals surface area contributed by atoms with Crippen molar-refractivity contribution in [3.05, 3.63) is 28.8 Å². The molecule has 0 saturated heterocycles. The molecule has 5 nitrogen and oxygen atoms in total. The van der Waals surface area contributed by atoms with Crippen molar-refractivity contribution >= 4 is 23.3 Å². The lowest BCUT2D eigenvalue weighted by atomic mass is 10.1. The molecule has 0 saturated carbocycles. The molecule has 0 radical (unpaired) electrons. The quantitative estimate of drug-likeness (QED) is 0.625. The average molecular weight is 242 g/mol. The van der Waals surface area contributed by atoms with Gasteiger partial charge in [0.1, 0.15) is 5.75 Å². The number of primary amides is 1. The van der Waals surface area contributed by atoms with E-state index in [0.717, 1.165) is 5.56 Å². The lowest BCUT2D eigenvalue weighted by molar-refractivity contribution is 0.249. The maximum absolute atomic E-state index is 10.5. The van der Waals surface area contributed by atoms with Crippen LogP contribution in [0.4, 0.5) is 4.79 Å². The van der Waals surface area contributed by atoms with Gasteiger partial charge in [0.15, 0.2) is 0 Å². The SMILES string of the molecule is COc1ccc(C(C)=NNC(N)=O)cc1Cl. The van der Waals surface area contributed by atoms with Gasteiger partial charge in [-0.2, -0.15) is 5.10 Å². The molecule has 0 aromatic heterocycles. The second-order valence-corrected chi connectivity index (χ2v) is 3.43. The number of nitrogens with two attached hydrogens (primary N) is 1. The minimum absolute atomic E-state index is 0.480. The van der Waals surface area contributed by atoms with Gasteiger partial charge in [0.2, 0.25) is 0 Å². The van der Waals surface area contributed by atoms with E-state index in [9.17, 15) is 4.79 Å². The van der Waals surface area contributed by atoms with Crippen LogP contribution >= 0.6 is 11.6 Å². The maximum Gasteiger partial charge on any atom is 0.332 e. The van der Waals surface area contributed by atoms with Crippen LogP contribution in [0.15, 0.2) is 23.3 Å². The molecule has 1 aromatic carbocycles. The molecule has 2 amide bonds. The summed E-state index contributed by atoms with van der Waals surface area (Å²) in [5.41, 5.74) is 8.41. The first kappa shape index (κ1) is 12.3. The summed E-state index contributed by atoms with van der Waals surface area (Å²) in [6.07, 6.45) is 0.